The van der Waals surface area contributed by atoms with Crippen LogP contribution in [0.3, 0.4) is 0 Å². The quantitative estimate of drug-likeness (QED) is 0.519. The van der Waals surface area contributed by atoms with Crippen molar-refractivity contribution in [2.24, 2.45) is 0 Å². The van der Waals surface area contributed by atoms with Crippen LogP contribution in [0.4, 0.5) is 5.69 Å². The maximum atomic E-state index is 12.8. The Morgan fingerprint density at radius 3 is 2.55 bits per heavy atom. The lowest BCUT2D eigenvalue weighted by Crippen LogP contribution is -2.33. The molecule has 0 unspecified atom stereocenters. The van der Waals surface area contributed by atoms with Gasteiger partial charge in [-0.25, -0.2) is 19.0 Å². The van der Waals surface area contributed by atoms with E-state index in [2.05, 4.69) is 20.2 Å². The second-order valence-electron chi connectivity index (χ2n) is 6.40. The molecule has 0 aliphatic rings. The number of anilines is 1. The molecular weight excluding hydrogens is 396 g/mol. The molecule has 0 saturated heterocycles. The summed E-state index contributed by atoms with van der Waals surface area (Å²) in [5.41, 5.74) is 1.74. The van der Waals surface area contributed by atoms with Gasteiger partial charge in [0.2, 0.25) is 5.91 Å². The Hall–Kier alpha value is -3.73. The van der Waals surface area contributed by atoms with Gasteiger partial charge < -0.3 is 5.32 Å². The van der Waals surface area contributed by atoms with Gasteiger partial charge in [0, 0.05) is 31.1 Å². The maximum Gasteiger partial charge on any atom is 0.280 e. The van der Waals surface area contributed by atoms with E-state index in [-0.39, 0.29) is 16.2 Å². The van der Waals surface area contributed by atoms with Crippen molar-refractivity contribution in [1.82, 2.24) is 19.3 Å². The Bertz CT molecular complexity index is 1420. The van der Waals surface area contributed by atoms with E-state index >= 15 is 0 Å². The molecule has 0 bridgehead atoms. The zero-order valence-corrected chi connectivity index (χ0v) is 16.3. The number of nitrogens with one attached hydrogen (secondary N) is 2. The van der Waals surface area contributed by atoms with Crippen LogP contribution in [0.25, 0.3) is 16.6 Å². The molecule has 0 spiro atoms. The van der Waals surface area contributed by atoms with Crippen LogP contribution < -0.4 is 15.7 Å². The SMILES string of the molecule is CC(=O)Nc1ccc(S(=O)(=O)Nn2ccc3c(cnc4cc(C)nn43)c2=O)cc1. The zero-order chi connectivity index (χ0) is 20.8. The summed E-state index contributed by atoms with van der Waals surface area (Å²) in [5.74, 6) is -0.267. The average Bonchev–Trinajstić information content (AvgIpc) is 3.04. The van der Waals surface area contributed by atoms with E-state index in [9.17, 15) is 18.0 Å². The first kappa shape index (κ1) is 18.6. The summed E-state index contributed by atoms with van der Waals surface area (Å²) < 4.78 is 27.7. The third-order valence-corrected chi connectivity index (χ3v) is 5.51. The molecular formula is C18H16N6O4S. The molecule has 148 valence electrons. The van der Waals surface area contributed by atoms with E-state index in [4.69, 9.17) is 0 Å². The molecule has 10 nitrogen and oxygen atoms in total. The fourth-order valence-corrected chi connectivity index (χ4v) is 3.91. The van der Waals surface area contributed by atoms with Crippen molar-refractivity contribution in [3.63, 3.8) is 0 Å². The molecule has 1 amide bonds. The number of carbonyl (C=O) groups is 1. The van der Waals surface area contributed by atoms with Crippen molar-refractivity contribution in [1.29, 1.82) is 0 Å². The molecule has 0 atom stereocenters. The lowest BCUT2D eigenvalue weighted by molar-refractivity contribution is -0.114. The van der Waals surface area contributed by atoms with Crippen molar-refractivity contribution in [2.45, 2.75) is 18.7 Å². The minimum absolute atomic E-state index is 0.0603. The highest BCUT2D eigenvalue weighted by atomic mass is 32.2. The number of aryl methyl sites for hydroxylation is 1. The molecule has 0 aliphatic carbocycles. The first-order chi connectivity index (χ1) is 13.7. The molecule has 0 aliphatic heterocycles. The van der Waals surface area contributed by atoms with E-state index in [1.807, 2.05) is 6.92 Å². The number of fused-ring (bicyclic) bond motifs is 3. The number of nitrogens with zero attached hydrogens (tertiary/aromatic N) is 4. The van der Waals surface area contributed by atoms with Crippen LogP contribution in [0.5, 0.6) is 0 Å². The van der Waals surface area contributed by atoms with E-state index in [0.29, 0.717) is 16.9 Å². The summed E-state index contributed by atoms with van der Waals surface area (Å²) >= 11 is 0. The van der Waals surface area contributed by atoms with Crippen LogP contribution in [-0.4, -0.2) is 33.6 Å². The van der Waals surface area contributed by atoms with E-state index in [1.165, 1.54) is 48.1 Å². The van der Waals surface area contributed by atoms with Crippen LogP contribution in [-0.2, 0) is 14.8 Å². The number of rotatable bonds is 4. The van der Waals surface area contributed by atoms with Gasteiger partial charge in [-0.3, -0.25) is 9.59 Å². The number of hydrogen-bond donors (Lipinski definition) is 2. The minimum Gasteiger partial charge on any atom is -0.326 e. The Labute approximate surface area is 164 Å². The number of benzene rings is 1. The van der Waals surface area contributed by atoms with Crippen molar-refractivity contribution in [2.75, 3.05) is 10.1 Å². The highest BCUT2D eigenvalue weighted by Crippen LogP contribution is 2.15. The van der Waals surface area contributed by atoms with Crippen LogP contribution in [0.1, 0.15) is 12.6 Å². The largest absolute Gasteiger partial charge is 0.326 e. The molecule has 0 saturated carbocycles. The molecule has 29 heavy (non-hydrogen) atoms. The summed E-state index contributed by atoms with van der Waals surface area (Å²) in [4.78, 5) is 30.2. The smallest absolute Gasteiger partial charge is 0.280 e. The second-order valence-corrected chi connectivity index (χ2v) is 8.06. The predicted molar refractivity (Wildman–Crippen MR) is 107 cm³/mol. The molecule has 4 rings (SSSR count). The molecule has 1 aromatic carbocycles. The molecule has 0 fully saturated rings. The van der Waals surface area contributed by atoms with Gasteiger partial charge in [-0.05, 0) is 37.3 Å². The average molecular weight is 412 g/mol. The summed E-state index contributed by atoms with van der Waals surface area (Å²) in [6.07, 6.45) is 2.71. The van der Waals surface area contributed by atoms with Gasteiger partial charge in [0.05, 0.1) is 21.5 Å². The van der Waals surface area contributed by atoms with Gasteiger partial charge in [0.15, 0.2) is 5.65 Å². The third-order valence-electron chi connectivity index (χ3n) is 4.18. The second kappa shape index (κ2) is 6.71. The number of amides is 1. The molecule has 0 radical (unpaired) electrons. The van der Waals surface area contributed by atoms with Gasteiger partial charge in [0.1, 0.15) is 0 Å². The Balaban J connectivity index is 1.71. The van der Waals surface area contributed by atoms with Gasteiger partial charge in [-0.1, -0.05) is 0 Å². The maximum absolute atomic E-state index is 12.8. The minimum atomic E-state index is -4.03. The summed E-state index contributed by atoms with van der Waals surface area (Å²) in [7, 11) is -4.03. The molecule has 4 aromatic rings. The topological polar surface area (TPSA) is 127 Å². The number of sulfonamides is 1. The third kappa shape index (κ3) is 3.43. The normalized spacial score (nSPS) is 11.7. The van der Waals surface area contributed by atoms with Crippen molar-refractivity contribution in [3.05, 3.63) is 64.8 Å². The Morgan fingerprint density at radius 1 is 1.14 bits per heavy atom. The summed E-state index contributed by atoms with van der Waals surface area (Å²) in [6, 6.07) is 8.94. The van der Waals surface area contributed by atoms with Gasteiger partial charge in [-0.15, -0.1) is 0 Å². The van der Waals surface area contributed by atoms with E-state index in [0.717, 1.165) is 10.4 Å². The van der Waals surface area contributed by atoms with Crippen LogP contribution in [0.15, 0.2) is 58.5 Å². The lowest BCUT2D eigenvalue weighted by Gasteiger charge is -2.12. The first-order valence-electron chi connectivity index (χ1n) is 8.52. The van der Waals surface area contributed by atoms with Crippen molar-refractivity contribution in [3.8, 4) is 0 Å². The molecule has 3 heterocycles. The van der Waals surface area contributed by atoms with Gasteiger partial charge in [0.25, 0.3) is 15.6 Å². The van der Waals surface area contributed by atoms with Gasteiger partial charge in [-0.2, -0.15) is 13.5 Å². The first-order valence-corrected chi connectivity index (χ1v) is 10.0. The highest BCUT2D eigenvalue weighted by Gasteiger charge is 2.16. The molecule has 2 N–H and O–H groups in total. The summed E-state index contributed by atoms with van der Waals surface area (Å²) in [6.45, 7) is 3.17. The highest BCUT2D eigenvalue weighted by molar-refractivity contribution is 7.92. The van der Waals surface area contributed by atoms with E-state index < -0.39 is 15.6 Å². The number of aromatic nitrogens is 4. The van der Waals surface area contributed by atoms with E-state index in [1.54, 1.807) is 12.1 Å². The number of carbonyl (C=O) groups excluding carboxylic acids is 1. The predicted octanol–water partition coefficient (Wildman–Crippen LogP) is 1.24. The van der Waals surface area contributed by atoms with Crippen LogP contribution >= 0.6 is 0 Å². The summed E-state index contributed by atoms with van der Waals surface area (Å²) in [5, 5.41) is 7.07. The van der Waals surface area contributed by atoms with Crippen LogP contribution in [0, 0.1) is 6.92 Å². The lowest BCUT2D eigenvalue weighted by atomic mass is 10.3. The Morgan fingerprint density at radius 2 is 1.86 bits per heavy atom. The monoisotopic (exact) mass is 412 g/mol. The van der Waals surface area contributed by atoms with Crippen molar-refractivity contribution >= 4 is 38.2 Å². The zero-order valence-electron chi connectivity index (χ0n) is 15.4. The number of hydrogen-bond acceptors (Lipinski definition) is 6. The Kier molecular flexibility index (Phi) is 4.31. The standard InChI is InChI=1S/C18H16N6O4S/c1-11-9-17-19-10-15-16(24(17)21-11)7-8-23(18(15)26)22-29(27,28)14-5-3-13(4-6-14)20-12(2)25/h3-10,22H,1-2H3,(H,20,25). The fourth-order valence-electron chi connectivity index (χ4n) is 2.91. The fraction of sp³-hybridized carbons (Fsp3) is 0.111. The van der Waals surface area contributed by atoms with Crippen LogP contribution in [0.2, 0.25) is 0 Å². The number of pyridine rings is 1. The molecule has 11 heteroatoms. The van der Waals surface area contributed by atoms with Crippen molar-refractivity contribution < 1.29 is 13.2 Å². The molecule has 3 aromatic heterocycles. The van der Waals surface area contributed by atoms with Gasteiger partial charge >= 0.3 is 0 Å².